The number of hydrogen-bond donors (Lipinski definition) is 6. The molecule has 37 heavy (non-hydrogen) atoms. The third-order valence-corrected chi connectivity index (χ3v) is 7.10. The molecule has 0 bridgehead atoms. The number of H-pyrrole nitrogens is 1. The molecule has 0 radical (unpaired) electrons. The molecule has 1 fully saturated rings. The van der Waals surface area contributed by atoms with Gasteiger partial charge in [-0.15, -0.1) is 0 Å². The Morgan fingerprint density at radius 3 is 2.38 bits per heavy atom. The third kappa shape index (κ3) is 7.31. The summed E-state index contributed by atoms with van der Waals surface area (Å²) in [6.07, 6.45) is 3.95. The van der Waals surface area contributed by atoms with Gasteiger partial charge in [0, 0.05) is 41.3 Å². The highest BCUT2D eigenvalue weighted by atomic mass is 79.9. The lowest BCUT2D eigenvalue weighted by Gasteiger charge is -2.38. The molecule has 0 saturated heterocycles. The largest absolute Gasteiger partial charge is 0.481 e. The maximum absolute atomic E-state index is 13.5. The third-order valence-electron chi connectivity index (χ3n) is 6.60. The fourth-order valence-electron chi connectivity index (χ4n) is 4.71. The van der Waals surface area contributed by atoms with Crippen LogP contribution in [0.25, 0.3) is 10.9 Å². The van der Waals surface area contributed by atoms with E-state index in [1.165, 1.54) is 6.92 Å². The molecule has 3 rings (SSSR count). The molecule has 0 unspecified atom stereocenters. The van der Waals surface area contributed by atoms with Crippen LogP contribution in [0.15, 0.2) is 28.9 Å². The lowest BCUT2D eigenvalue weighted by atomic mass is 9.80. The van der Waals surface area contributed by atoms with Gasteiger partial charge in [0.05, 0.1) is 0 Å². The summed E-state index contributed by atoms with van der Waals surface area (Å²) >= 11 is 3.42. The van der Waals surface area contributed by atoms with E-state index in [-0.39, 0.29) is 12.8 Å². The summed E-state index contributed by atoms with van der Waals surface area (Å²) < 4.78 is 0.887. The normalized spacial score (nSPS) is 16.4. The highest BCUT2D eigenvalue weighted by molar-refractivity contribution is 9.10. The summed E-state index contributed by atoms with van der Waals surface area (Å²) in [5.41, 5.74) is 0.294. The number of aromatic amines is 1. The van der Waals surface area contributed by atoms with Gasteiger partial charge in [-0.05, 0) is 37.0 Å². The number of nitrogens with one attached hydrogen (secondary N) is 4. The number of carbonyl (C=O) groups excluding carboxylic acids is 3. The van der Waals surface area contributed by atoms with Crippen molar-refractivity contribution < 1.29 is 34.2 Å². The Balaban J connectivity index is 1.82. The first-order chi connectivity index (χ1) is 17.5. The molecule has 3 amide bonds. The zero-order valence-corrected chi connectivity index (χ0v) is 22.0. The van der Waals surface area contributed by atoms with Gasteiger partial charge in [-0.2, -0.15) is 0 Å². The number of rotatable bonds is 11. The van der Waals surface area contributed by atoms with Crippen LogP contribution in [0.3, 0.4) is 0 Å². The summed E-state index contributed by atoms with van der Waals surface area (Å²) in [4.78, 5) is 64.5. The number of carboxylic acids is 2. The number of halogens is 1. The van der Waals surface area contributed by atoms with Crippen LogP contribution in [-0.4, -0.2) is 62.5 Å². The standard InChI is InChI=1S/C25H31BrN4O7/c1-14(31)28-20(11-15-13-27-19-12-16(26)5-6-17(15)19)22(34)30-25(9-3-2-4-10-25)24(37)29-18(23(35)36)7-8-21(32)33/h5-6,12-13,18,20,27H,2-4,7-11H2,1H3,(H,28,31)(H,29,37)(H,30,34)(H,32,33)(H,35,36)/t18-,20-/m0/s1. The summed E-state index contributed by atoms with van der Waals surface area (Å²) in [6.45, 7) is 1.30. The van der Waals surface area contributed by atoms with Crippen LogP contribution in [0.1, 0.15) is 57.4 Å². The molecule has 2 aromatic rings. The molecule has 200 valence electrons. The molecular weight excluding hydrogens is 548 g/mol. The van der Waals surface area contributed by atoms with Gasteiger partial charge in [0.1, 0.15) is 17.6 Å². The minimum absolute atomic E-state index is 0.168. The number of aliphatic carboxylic acids is 2. The first kappa shape index (κ1) is 28.2. The zero-order valence-electron chi connectivity index (χ0n) is 20.4. The fraction of sp³-hybridized carbons (Fsp3) is 0.480. The predicted octanol–water partition coefficient (Wildman–Crippen LogP) is 2.23. The highest BCUT2D eigenvalue weighted by Crippen LogP contribution is 2.29. The number of benzene rings is 1. The van der Waals surface area contributed by atoms with E-state index in [2.05, 4.69) is 36.9 Å². The summed E-state index contributed by atoms with van der Waals surface area (Å²) in [7, 11) is 0. The Labute approximate surface area is 221 Å². The van der Waals surface area contributed by atoms with E-state index in [1.807, 2.05) is 18.2 Å². The topological polar surface area (TPSA) is 178 Å². The van der Waals surface area contributed by atoms with Gasteiger partial charge >= 0.3 is 11.9 Å². The lowest BCUT2D eigenvalue weighted by molar-refractivity contribution is -0.145. The molecule has 11 nitrogen and oxygen atoms in total. The van der Waals surface area contributed by atoms with Crippen LogP contribution in [-0.2, 0) is 30.4 Å². The quantitative estimate of drug-likeness (QED) is 0.236. The second-order valence-corrected chi connectivity index (χ2v) is 10.3. The van der Waals surface area contributed by atoms with Crippen molar-refractivity contribution >= 4 is 56.5 Å². The predicted molar refractivity (Wildman–Crippen MR) is 138 cm³/mol. The Morgan fingerprint density at radius 2 is 1.76 bits per heavy atom. The van der Waals surface area contributed by atoms with Crippen LogP contribution in [0.2, 0.25) is 0 Å². The van der Waals surface area contributed by atoms with Gasteiger partial charge in [-0.3, -0.25) is 19.2 Å². The van der Waals surface area contributed by atoms with E-state index < -0.39 is 53.7 Å². The van der Waals surface area contributed by atoms with Crippen LogP contribution in [0.5, 0.6) is 0 Å². The number of carboxylic acid groups (broad SMARTS) is 2. The van der Waals surface area contributed by atoms with Crippen LogP contribution >= 0.6 is 15.9 Å². The molecule has 6 N–H and O–H groups in total. The van der Waals surface area contributed by atoms with E-state index in [0.717, 1.165) is 27.4 Å². The van der Waals surface area contributed by atoms with Crippen molar-refractivity contribution in [3.63, 3.8) is 0 Å². The average molecular weight is 579 g/mol. The van der Waals surface area contributed by atoms with Crippen LogP contribution in [0, 0.1) is 0 Å². The van der Waals surface area contributed by atoms with Crippen molar-refractivity contribution in [1.29, 1.82) is 0 Å². The van der Waals surface area contributed by atoms with Crippen molar-refractivity contribution in [2.24, 2.45) is 0 Å². The summed E-state index contributed by atoms with van der Waals surface area (Å²) in [6, 6.07) is 3.28. The molecule has 0 spiro atoms. The first-order valence-electron chi connectivity index (χ1n) is 12.1. The van der Waals surface area contributed by atoms with E-state index in [0.29, 0.717) is 25.7 Å². The molecule has 2 atom stereocenters. The number of aromatic nitrogens is 1. The average Bonchev–Trinajstić information content (AvgIpc) is 3.22. The van der Waals surface area contributed by atoms with Gasteiger partial charge < -0.3 is 31.1 Å². The molecule has 1 aliphatic carbocycles. The molecule has 0 aliphatic heterocycles. The maximum atomic E-state index is 13.5. The molecule has 1 saturated carbocycles. The van der Waals surface area contributed by atoms with Crippen LogP contribution in [0.4, 0.5) is 0 Å². The monoisotopic (exact) mass is 578 g/mol. The second-order valence-electron chi connectivity index (χ2n) is 9.39. The SMILES string of the molecule is CC(=O)N[C@@H](Cc1c[nH]c2cc(Br)ccc12)C(=O)NC1(C(=O)N[C@@H](CCC(=O)O)C(=O)O)CCCCC1. The number of hydrogen-bond acceptors (Lipinski definition) is 5. The van der Waals surface area contributed by atoms with Gasteiger partial charge in [0.15, 0.2) is 0 Å². The fourth-order valence-corrected chi connectivity index (χ4v) is 5.07. The van der Waals surface area contributed by atoms with Crippen molar-refractivity contribution in [3.8, 4) is 0 Å². The Morgan fingerprint density at radius 1 is 1.05 bits per heavy atom. The molecule has 1 aliphatic rings. The van der Waals surface area contributed by atoms with E-state index in [1.54, 1.807) is 6.20 Å². The smallest absolute Gasteiger partial charge is 0.326 e. The molecule has 12 heteroatoms. The van der Waals surface area contributed by atoms with Gasteiger partial charge in [-0.1, -0.05) is 41.3 Å². The van der Waals surface area contributed by atoms with Gasteiger partial charge in [0.25, 0.3) is 0 Å². The zero-order chi connectivity index (χ0) is 27.2. The Hall–Kier alpha value is -3.41. The summed E-state index contributed by atoms with van der Waals surface area (Å²) in [5.74, 6) is -4.17. The maximum Gasteiger partial charge on any atom is 0.326 e. The Kier molecular flexibility index (Phi) is 9.30. The van der Waals surface area contributed by atoms with E-state index in [4.69, 9.17) is 5.11 Å². The van der Waals surface area contributed by atoms with E-state index in [9.17, 15) is 29.1 Å². The lowest BCUT2D eigenvalue weighted by Crippen LogP contribution is -2.64. The van der Waals surface area contributed by atoms with Crippen molar-refractivity contribution in [1.82, 2.24) is 20.9 Å². The molecular formula is C25H31BrN4O7. The minimum Gasteiger partial charge on any atom is -0.481 e. The highest BCUT2D eigenvalue weighted by Gasteiger charge is 2.43. The Bertz CT molecular complexity index is 1190. The number of carbonyl (C=O) groups is 5. The first-order valence-corrected chi connectivity index (χ1v) is 12.9. The van der Waals surface area contributed by atoms with Crippen molar-refractivity contribution in [2.45, 2.75) is 75.9 Å². The number of amides is 3. The van der Waals surface area contributed by atoms with Gasteiger partial charge in [0.2, 0.25) is 17.7 Å². The number of fused-ring (bicyclic) bond motifs is 1. The minimum atomic E-state index is -1.41. The van der Waals surface area contributed by atoms with Crippen LogP contribution < -0.4 is 16.0 Å². The molecule has 1 aromatic carbocycles. The molecule has 1 aromatic heterocycles. The van der Waals surface area contributed by atoms with Crippen molar-refractivity contribution in [3.05, 3.63) is 34.4 Å². The van der Waals surface area contributed by atoms with Gasteiger partial charge in [-0.25, -0.2) is 4.79 Å². The van der Waals surface area contributed by atoms with E-state index >= 15 is 0 Å². The second kappa shape index (κ2) is 12.2. The summed E-state index contributed by atoms with van der Waals surface area (Å²) in [5, 5.41) is 27.2. The molecule has 1 heterocycles. The van der Waals surface area contributed by atoms with Crippen molar-refractivity contribution in [2.75, 3.05) is 0 Å².